The number of fused-ring (bicyclic) bond motifs is 3. The lowest BCUT2D eigenvalue weighted by Crippen LogP contribution is -2.47. The van der Waals surface area contributed by atoms with Crippen molar-refractivity contribution >= 4 is 16.9 Å². The van der Waals surface area contributed by atoms with E-state index in [9.17, 15) is 9.18 Å². The molecule has 21 heavy (non-hydrogen) atoms. The molecule has 0 saturated carbocycles. The molecule has 6 heteroatoms. The molecule has 1 unspecified atom stereocenters. The number of carbonyl (C=O) groups excluding carboxylic acids is 1. The topological polar surface area (TPSA) is 58.4 Å². The van der Waals surface area contributed by atoms with Crippen molar-refractivity contribution < 1.29 is 13.6 Å². The SMILES string of the molecule is O=C(N[C@@H]1C[C@H]2CCN(C2)C1)c1c(F)oc2cnccc12. The lowest BCUT2D eigenvalue weighted by Gasteiger charge is -2.30. The zero-order valence-corrected chi connectivity index (χ0v) is 11.5. The van der Waals surface area contributed by atoms with Crippen LogP contribution < -0.4 is 5.32 Å². The minimum atomic E-state index is -0.838. The van der Waals surface area contributed by atoms with Crippen molar-refractivity contribution in [3.05, 3.63) is 30.0 Å². The van der Waals surface area contributed by atoms with Gasteiger partial charge in [0.05, 0.1) is 6.20 Å². The third-order valence-corrected chi connectivity index (χ3v) is 4.48. The molecular weight excluding hydrogens is 273 g/mol. The van der Waals surface area contributed by atoms with Gasteiger partial charge in [0.2, 0.25) is 0 Å². The van der Waals surface area contributed by atoms with E-state index < -0.39 is 11.9 Å². The number of rotatable bonds is 2. The Bertz CT molecular complexity index is 687. The van der Waals surface area contributed by atoms with Gasteiger partial charge in [-0.15, -0.1) is 0 Å². The Kier molecular flexibility index (Phi) is 2.92. The first-order chi connectivity index (χ1) is 10.2. The number of amides is 1. The maximum absolute atomic E-state index is 13.9. The molecule has 2 bridgehead atoms. The standard InChI is InChI=1S/C15H16FN3O2/c16-14-13(11-1-3-17-6-12(11)21-14)15(20)18-10-5-9-2-4-19(7-9)8-10/h1,3,6,9-10H,2,4-5,7-8H2,(H,18,20)/t9-,10-/m1/s1. The fraction of sp³-hybridized carbons (Fsp3) is 0.467. The summed E-state index contributed by atoms with van der Waals surface area (Å²) in [6.07, 6.45) is 5.12. The minimum absolute atomic E-state index is 0.0136. The number of aromatic nitrogens is 1. The van der Waals surface area contributed by atoms with Gasteiger partial charge in [0.25, 0.3) is 11.9 Å². The van der Waals surface area contributed by atoms with Gasteiger partial charge in [0, 0.05) is 30.7 Å². The largest absolute Gasteiger partial charge is 0.429 e. The molecule has 0 radical (unpaired) electrons. The molecule has 2 fully saturated rings. The molecule has 110 valence electrons. The normalized spacial score (nSPS) is 28.0. The molecule has 4 heterocycles. The second-order valence-corrected chi connectivity index (χ2v) is 5.94. The number of halogens is 1. The van der Waals surface area contributed by atoms with E-state index in [4.69, 9.17) is 4.42 Å². The van der Waals surface area contributed by atoms with E-state index in [2.05, 4.69) is 15.2 Å². The fourth-order valence-electron chi connectivity index (χ4n) is 3.55. The molecule has 2 aliphatic rings. The van der Waals surface area contributed by atoms with Crippen molar-refractivity contribution in [1.29, 1.82) is 0 Å². The number of furan rings is 1. The number of hydrogen-bond acceptors (Lipinski definition) is 4. The lowest BCUT2D eigenvalue weighted by atomic mass is 9.96. The van der Waals surface area contributed by atoms with Gasteiger partial charge < -0.3 is 14.6 Å². The maximum Gasteiger partial charge on any atom is 0.291 e. The number of nitrogens with zero attached hydrogens (tertiary/aromatic N) is 2. The van der Waals surface area contributed by atoms with Crippen molar-refractivity contribution in [3.63, 3.8) is 0 Å². The monoisotopic (exact) mass is 289 g/mol. The highest BCUT2D eigenvalue weighted by Crippen LogP contribution is 2.28. The molecule has 2 saturated heterocycles. The average Bonchev–Trinajstić information content (AvgIpc) is 2.97. The van der Waals surface area contributed by atoms with Gasteiger partial charge in [0.15, 0.2) is 5.58 Å². The van der Waals surface area contributed by atoms with Crippen LogP contribution in [-0.4, -0.2) is 41.5 Å². The van der Waals surface area contributed by atoms with Gasteiger partial charge in [0.1, 0.15) is 5.56 Å². The fourth-order valence-corrected chi connectivity index (χ4v) is 3.55. The Morgan fingerprint density at radius 2 is 2.38 bits per heavy atom. The van der Waals surface area contributed by atoms with Gasteiger partial charge in [-0.2, -0.15) is 4.39 Å². The third-order valence-electron chi connectivity index (χ3n) is 4.48. The predicted molar refractivity (Wildman–Crippen MR) is 74.4 cm³/mol. The summed E-state index contributed by atoms with van der Waals surface area (Å²) in [5, 5.41) is 3.43. The van der Waals surface area contributed by atoms with Gasteiger partial charge in [-0.1, -0.05) is 0 Å². The molecule has 2 aromatic heterocycles. The minimum Gasteiger partial charge on any atom is -0.429 e. The zero-order chi connectivity index (χ0) is 14.4. The van der Waals surface area contributed by atoms with Crippen LogP contribution >= 0.6 is 0 Å². The molecule has 0 aliphatic carbocycles. The molecule has 5 nitrogen and oxygen atoms in total. The smallest absolute Gasteiger partial charge is 0.291 e. The van der Waals surface area contributed by atoms with E-state index in [0.717, 1.165) is 26.1 Å². The van der Waals surface area contributed by atoms with Crippen LogP contribution in [0.1, 0.15) is 23.2 Å². The van der Waals surface area contributed by atoms with Crippen LogP contribution in [0.5, 0.6) is 0 Å². The van der Waals surface area contributed by atoms with Crippen LogP contribution in [0.4, 0.5) is 4.39 Å². The van der Waals surface area contributed by atoms with E-state index in [0.29, 0.717) is 16.9 Å². The summed E-state index contributed by atoms with van der Waals surface area (Å²) in [4.78, 5) is 18.6. The van der Waals surface area contributed by atoms with Gasteiger partial charge >= 0.3 is 0 Å². The summed E-state index contributed by atoms with van der Waals surface area (Å²) < 4.78 is 18.9. The van der Waals surface area contributed by atoms with Crippen LogP contribution in [0, 0.1) is 11.9 Å². The van der Waals surface area contributed by atoms with Crippen molar-refractivity contribution in [2.75, 3.05) is 19.6 Å². The Hall–Kier alpha value is -1.95. The summed E-state index contributed by atoms with van der Waals surface area (Å²) in [6, 6.07) is 0.852. The molecule has 0 aromatic carbocycles. The van der Waals surface area contributed by atoms with E-state index in [1.807, 2.05) is 0 Å². The average molecular weight is 289 g/mol. The Morgan fingerprint density at radius 3 is 3.24 bits per heavy atom. The number of piperidine rings is 1. The highest BCUT2D eigenvalue weighted by atomic mass is 19.1. The highest BCUT2D eigenvalue weighted by molar-refractivity contribution is 6.06. The molecule has 4 rings (SSSR count). The molecule has 1 amide bonds. The summed E-state index contributed by atoms with van der Waals surface area (Å²) in [7, 11) is 0. The predicted octanol–water partition coefficient (Wildman–Crippen LogP) is 1.79. The molecular formula is C15H16FN3O2. The summed E-state index contributed by atoms with van der Waals surface area (Å²) in [6.45, 7) is 3.08. The van der Waals surface area contributed by atoms with Crippen LogP contribution in [0.2, 0.25) is 0 Å². The molecule has 0 spiro atoms. The van der Waals surface area contributed by atoms with Crippen molar-refractivity contribution in [1.82, 2.24) is 15.2 Å². The van der Waals surface area contributed by atoms with Crippen molar-refractivity contribution in [3.8, 4) is 0 Å². The Balaban J connectivity index is 1.58. The van der Waals surface area contributed by atoms with E-state index in [-0.39, 0.29) is 11.6 Å². The number of pyridine rings is 1. The Labute approximate surface area is 121 Å². The Morgan fingerprint density at radius 1 is 1.48 bits per heavy atom. The first kappa shape index (κ1) is 12.8. The van der Waals surface area contributed by atoms with E-state index >= 15 is 0 Å². The van der Waals surface area contributed by atoms with Gasteiger partial charge in [-0.25, -0.2) is 0 Å². The van der Waals surface area contributed by atoms with Gasteiger partial charge in [-0.3, -0.25) is 9.78 Å². The second-order valence-electron chi connectivity index (χ2n) is 5.94. The third kappa shape index (κ3) is 2.19. The van der Waals surface area contributed by atoms with Crippen molar-refractivity contribution in [2.24, 2.45) is 5.92 Å². The second kappa shape index (κ2) is 4.80. The van der Waals surface area contributed by atoms with Crippen LogP contribution in [0.25, 0.3) is 11.0 Å². The quantitative estimate of drug-likeness (QED) is 0.915. The maximum atomic E-state index is 13.9. The summed E-state index contributed by atoms with van der Waals surface area (Å²) in [5.74, 6) is 0.254. The lowest BCUT2D eigenvalue weighted by molar-refractivity contribution is 0.0903. The van der Waals surface area contributed by atoms with E-state index in [1.165, 1.54) is 18.8 Å². The molecule has 2 aliphatic heterocycles. The van der Waals surface area contributed by atoms with Crippen LogP contribution in [0.15, 0.2) is 22.9 Å². The van der Waals surface area contributed by atoms with Crippen LogP contribution in [-0.2, 0) is 0 Å². The highest BCUT2D eigenvalue weighted by Gasteiger charge is 2.34. The molecule has 2 aromatic rings. The zero-order valence-electron chi connectivity index (χ0n) is 11.5. The first-order valence-electron chi connectivity index (χ1n) is 7.26. The summed E-state index contributed by atoms with van der Waals surface area (Å²) in [5.41, 5.74) is 0.285. The number of nitrogens with one attached hydrogen (secondary N) is 1. The van der Waals surface area contributed by atoms with Gasteiger partial charge in [-0.05, 0) is 31.4 Å². The van der Waals surface area contributed by atoms with Crippen LogP contribution in [0.3, 0.4) is 0 Å². The molecule has 3 atom stereocenters. The summed E-state index contributed by atoms with van der Waals surface area (Å²) >= 11 is 0. The first-order valence-corrected chi connectivity index (χ1v) is 7.26. The number of carbonyl (C=O) groups is 1. The van der Waals surface area contributed by atoms with E-state index in [1.54, 1.807) is 6.07 Å². The molecule has 1 N–H and O–H groups in total. The number of hydrogen-bond donors (Lipinski definition) is 1. The van der Waals surface area contributed by atoms with Crippen molar-refractivity contribution in [2.45, 2.75) is 18.9 Å².